The minimum absolute atomic E-state index is 0.100. The summed E-state index contributed by atoms with van der Waals surface area (Å²) in [6.07, 6.45) is 5.91. The highest BCUT2D eigenvalue weighted by Gasteiger charge is 2.01. The first-order valence-corrected chi connectivity index (χ1v) is 6.66. The van der Waals surface area contributed by atoms with Gasteiger partial charge in [-0.1, -0.05) is 31.2 Å². The van der Waals surface area contributed by atoms with E-state index >= 15 is 0 Å². The monoisotopic (exact) mass is 267 g/mol. The predicted molar refractivity (Wildman–Crippen MR) is 79.8 cm³/mol. The predicted octanol–water partition coefficient (Wildman–Crippen LogP) is 3.77. The quantitative estimate of drug-likeness (QED) is 0.591. The van der Waals surface area contributed by atoms with Gasteiger partial charge in [0.15, 0.2) is 0 Å². The molecular weight excluding hydrogens is 250 g/mol. The van der Waals surface area contributed by atoms with Crippen LogP contribution >= 0.6 is 0 Å². The molecule has 3 nitrogen and oxygen atoms in total. The lowest BCUT2D eigenvalue weighted by Crippen LogP contribution is -1.96. The maximum Gasteiger partial charge on any atom is 0.204 e. The van der Waals surface area contributed by atoms with Gasteiger partial charge in [-0.25, -0.2) is 0 Å². The molecule has 0 N–H and O–H groups in total. The SMILES string of the molecule is CCCOc1ccc(/C=C/C(=O)c2ccccn2)cc1. The maximum absolute atomic E-state index is 11.9. The molecule has 2 aromatic rings. The van der Waals surface area contributed by atoms with E-state index in [1.807, 2.05) is 24.3 Å². The van der Waals surface area contributed by atoms with Gasteiger partial charge < -0.3 is 4.74 Å². The number of ether oxygens (including phenoxy) is 1. The Kier molecular flexibility index (Phi) is 5.07. The lowest BCUT2D eigenvalue weighted by molar-refractivity contribution is 0.104. The van der Waals surface area contributed by atoms with Gasteiger partial charge in [-0.05, 0) is 42.3 Å². The van der Waals surface area contributed by atoms with E-state index in [4.69, 9.17) is 4.74 Å². The number of nitrogens with zero attached hydrogens (tertiary/aromatic N) is 1. The Morgan fingerprint density at radius 1 is 1.20 bits per heavy atom. The third-order valence-corrected chi connectivity index (χ3v) is 2.70. The van der Waals surface area contributed by atoms with Crippen LogP contribution in [0, 0.1) is 0 Å². The molecule has 0 saturated heterocycles. The molecule has 2 rings (SSSR count). The molecule has 0 aliphatic rings. The van der Waals surface area contributed by atoms with E-state index in [0.717, 1.165) is 17.7 Å². The summed E-state index contributed by atoms with van der Waals surface area (Å²) in [5.74, 6) is 0.747. The molecule has 0 bridgehead atoms. The number of aromatic nitrogens is 1. The summed E-state index contributed by atoms with van der Waals surface area (Å²) in [7, 11) is 0. The second-order valence-electron chi connectivity index (χ2n) is 4.33. The van der Waals surface area contributed by atoms with Gasteiger partial charge in [-0.3, -0.25) is 9.78 Å². The van der Waals surface area contributed by atoms with Crippen molar-refractivity contribution in [3.63, 3.8) is 0 Å². The van der Waals surface area contributed by atoms with Crippen molar-refractivity contribution in [2.45, 2.75) is 13.3 Å². The average Bonchev–Trinajstić information content (AvgIpc) is 2.52. The Bertz CT molecular complexity index is 574. The van der Waals surface area contributed by atoms with Crippen molar-refractivity contribution in [3.8, 4) is 5.75 Å². The normalized spacial score (nSPS) is 10.7. The van der Waals surface area contributed by atoms with Gasteiger partial charge in [0.25, 0.3) is 0 Å². The van der Waals surface area contributed by atoms with Crippen molar-refractivity contribution in [1.82, 2.24) is 4.98 Å². The maximum atomic E-state index is 11.9. The number of rotatable bonds is 6. The van der Waals surface area contributed by atoms with Crippen molar-refractivity contribution in [2.24, 2.45) is 0 Å². The van der Waals surface area contributed by atoms with Crippen molar-refractivity contribution in [2.75, 3.05) is 6.61 Å². The van der Waals surface area contributed by atoms with Crippen LogP contribution in [0.4, 0.5) is 0 Å². The van der Waals surface area contributed by atoms with Crippen molar-refractivity contribution < 1.29 is 9.53 Å². The van der Waals surface area contributed by atoms with E-state index in [-0.39, 0.29) is 5.78 Å². The fourth-order valence-corrected chi connectivity index (χ4v) is 1.66. The molecule has 0 unspecified atom stereocenters. The zero-order valence-corrected chi connectivity index (χ0v) is 11.5. The van der Waals surface area contributed by atoms with Gasteiger partial charge in [-0.15, -0.1) is 0 Å². The molecule has 1 aromatic carbocycles. The molecule has 0 fully saturated rings. The Morgan fingerprint density at radius 2 is 2.00 bits per heavy atom. The summed E-state index contributed by atoms with van der Waals surface area (Å²) in [5, 5.41) is 0. The largest absolute Gasteiger partial charge is 0.494 e. The zero-order valence-electron chi connectivity index (χ0n) is 11.5. The van der Waals surface area contributed by atoms with Crippen molar-refractivity contribution >= 4 is 11.9 Å². The molecule has 0 aliphatic carbocycles. The number of benzene rings is 1. The second kappa shape index (κ2) is 7.24. The Hall–Kier alpha value is -2.42. The standard InChI is InChI=1S/C17H17NO2/c1-2-13-20-15-9-6-14(7-10-15)8-11-17(19)16-5-3-4-12-18-16/h3-12H,2,13H2,1H3/b11-8+. The first-order valence-electron chi connectivity index (χ1n) is 6.66. The topological polar surface area (TPSA) is 39.2 Å². The van der Waals surface area contributed by atoms with Crippen LogP contribution < -0.4 is 4.74 Å². The van der Waals surface area contributed by atoms with Crippen LogP contribution in [0.2, 0.25) is 0 Å². The van der Waals surface area contributed by atoms with Gasteiger partial charge in [0.1, 0.15) is 11.4 Å². The van der Waals surface area contributed by atoms with Crippen LogP contribution in [0.1, 0.15) is 29.4 Å². The number of pyridine rings is 1. The molecule has 0 amide bonds. The van der Waals surface area contributed by atoms with Crippen molar-refractivity contribution in [1.29, 1.82) is 0 Å². The zero-order chi connectivity index (χ0) is 14.2. The summed E-state index contributed by atoms with van der Waals surface area (Å²) in [5.41, 5.74) is 1.41. The summed E-state index contributed by atoms with van der Waals surface area (Å²) in [6, 6.07) is 12.9. The van der Waals surface area contributed by atoms with Crippen molar-refractivity contribution in [3.05, 3.63) is 66.0 Å². The van der Waals surface area contributed by atoms with Gasteiger partial charge in [-0.2, -0.15) is 0 Å². The fraction of sp³-hybridized carbons (Fsp3) is 0.176. The molecule has 0 aliphatic heterocycles. The number of carbonyl (C=O) groups excluding carboxylic acids is 1. The lowest BCUT2D eigenvalue weighted by Gasteiger charge is -2.03. The first-order chi connectivity index (χ1) is 9.79. The first kappa shape index (κ1) is 14.0. The molecule has 0 radical (unpaired) electrons. The highest BCUT2D eigenvalue weighted by Crippen LogP contribution is 2.13. The van der Waals surface area contributed by atoms with Gasteiger partial charge >= 0.3 is 0 Å². The number of carbonyl (C=O) groups is 1. The molecule has 3 heteroatoms. The third-order valence-electron chi connectivity index (χ3n) is 2.70. The summed E-state index contributed by atoms with van der Waals surface area (Å²) in [4.78, 5) is 15.9. The molecule has 102 valence electrons. The summed E-state index contributed by atoms with van der Waals surface area (Å²) in [6.45, 7) is 2.79. The highest BCUT2D eigenvalue weighted by molar-refractivity contribution is 6.05. The van der Waals surface area contributed by atoms with Gasteiger partial charge in [0.2, 0.25) is 5.78 Å². The minimum atomic E-state index is -0.100. The van der Waals surface area contributed by atoms with Crippen LogP contribution in [0.3, 0.4) is 0 Å². The van der Waals surface area contributed by atoms with Crippen LogP contribution in [-0.4, -0.2) is 17.4 Å². The van der Waals surface area contributed by atoms with E-state index in [1.54, 1.807) is 30.5 Å². The Morgan fingerprint density at radius 3 is 2.65 bits per heavy atom. The van der Waals surface area contributed by atoms with E-state index in [0.29, 0.717) is 12.3 Å². The Labute approximate surface area is 118 Å². The third kappa shape index (κ3) is 4.05. The summed E-state index contributed by atoms with van der Waals surface area (Å²) < 4.78 is 5.50. The fourth-order valence-electron chi connectivity index (χ4n) is 1.66. The number of hydrogen-bond acceptors (Lipinski definition) is 3. The van der Waals surface area contributed by atoms with Crippen LogP contribution in [0.15, 0.2) is 54.7 Å². The van der Waals surface area contributed by atoms with Crippen LogP contribution in [-0.2, 0) is 0 Å². The summed E-state index contributed by atoms with van der Waals surface area (Å²) >= 11 is 0. The second-order valence-corrected chi connectivity index (χ2v) is 4.33. The van der Waals surface area contributed by atoms with E-state index < -0.39 is 0 Å². The number of allylic oxidation sites excluding steroid dienone is 1. The van der Waals surface area contributed by atoms with E-state index in [9.17, 15) is 4.79 Å². The molecule has 0 spiro atoms. The van der Waals surface area contributed by atoms with Crippen LogP contribution in [0.25, 0.3) is 6.08 Å². The highest BCUT2D eigenvalue weighted by atomic mass is 16.5. The molecular formula is C17H17NO2. The van der Waals surface area contributed by atoms with Gasteiger partial charge in [0, 0.05) is 6.20 Å². The minimum Gasteiger partial charge on any atom is -0.494 e. The molecule has 1 heterocycles. The molecule has 20 heavy (non-hydrogen) atoms. The number of ketones is 1. The smallest absolute Gasteiger partial charge is 0.204 e. The lowest BCUT2D eigenvalue weighted by atomic mass is 10.1. The average molecular weight is 267 g/mol. The molecule has 0 atom stereocenters. The molecule has 1 aromatic heterocycles. The molecule has 0 saturated carbocycles. The van der Waals surface area contributed by atoms with Gasteiger partial charge in [0.05, 0.1) is 6.61 Å². The Balaban J connectivity index is 1.99. The van der Waals surface area contributed by atoms with E-state index in [2.05, 4.69) is 11.9 Å². The van der Waals surface area contributed by atoms with Crippen LogP contribution in [0.5, 0.6) is 5.75 Å². The van der Waals surface area contributed by atoms with E-state index in [1.165, 1.54) is 6.08 Å². The number of hydrogen-bond donors (Lipinski definition) is 0.